The highest BCUT2D eigenvalue weighted by molar-refractivity contribution is 5.66. The lowest BCUT2D eigenvalue weighted by molar-refractivity contribution is 0.414. The van der Waals surface area contributed by atoms with Gasteiger partial charge in [-0.1, -0.05) is 6.07 Å². The first-order valence-electron chi connectivity index (χ1n) is 4.71. The van der Waals surface area contributed by atoms with Crippen molar-refractivity contribution in [3.8, 4) is 16.9 Å². The summed E-state index contributed by atoms with van der Waals surface area (Å²) in [6, 6.07) is 5.96. The van der Waals surface area contributed by atoms with Crippen molar-refractivity contribution < 1.29 is 4.74 Å². The smallest absolute Gasteiger partial charge is 0.119 e. The summed E-state index contributed by atoms with van der Waals surface area (Å²) < 4.78 is 5.15. The number of hydrogen-bond donors (Lipinski definition) is 0. The Morgan fingerprint density at radius 1 is 1.13 bits per heavy atom. The van der Waals surface area contributed by atoms with Crippen LogP contribution in [0.1, 0.15) is 5.56 Å². The van der Waals surface area contributed by atoms with Crippen LogP contribution in [0.15, 0.2) is 36.9 Å². The Kier molecular flexibility index (Phi) is 2.63. The molecule has 0 saturated heterocycles. The van der Waals surface area contributed by atoms with Gasteiger partial charge in [-0.15, -0.1) is 0 Å². The number of benzene rings is 1. The van der Waals surface area contributed by atoms with E-state index in [2.05, 4.69) is 9.97 Å². The zero-order valence-electron chi connectivity index (χ0n) is 8.77. The van der Waals surface area contributed by atoms with E-state index in [1.165, 1.54) is 6.33 Å². The van der Waals surface area contributed by atoms with Gasteiger partial charge in [-0.3, -0.25) is 0 Å². The molecule has 3 nitrogen and oxygen atoms in total. The topological polar surface area (TPSA) is 35.0 Å². The minimum atomic E-state index is 0.869. The summed E-state index contributed by atoms with van der Waals surface area (Å²) in [5, 5.41) is 0. The Balaban J connectivity index is 2.46. The minimum absolute atomic E-state index is 0.869. The summed E-state index contributed by atoms with van der Waals surface area (Å²) in [7, 11) is 1.67. The molecular formula is C12H12N2O. The van der Waals surface area contributed by atoms with Gasteiger partial charge in [0.25, 0.3) is 0 Å². The Hall–Kier alpha value is -1.90. The molecule has 0 saturated carbocycles. The molecule has 0 aliphatic carbocycles. The zero-order valence-corrected chi connectivity index (χ0v) is 8.77. The molecule has 1 aromatic carbocycles. The normalized spacial score (nSPS) is 10.0. The van der Waals surface area contributed by atoms with Crippen LogP contribution in [0, 0.1) is 6.92 Å². The molecule has 1 aromatic heterocycles. The van der Waals surface area contributed by atoms with E-state index in [1.54, 1.807) is 7.11 Å². The molecule has 0 amide bonds. The fourth-order valence-electron chi connectivity index (χ4n) is 1.53. The fraction of sp³-hybridized carbons (Fsp3) is 0.167. The predicted molar refractivity (Wildman–Crippen MR) is 58.8 cm³/mol. The second kappa shape index (κ2) is 4.09. The minimum Gasteiger partial charge on any atom is -0.497 e. The molecule has 0 atom stereocenters. The highest BCUT2D eigenvalue weighted by Gasteiger charge is 2.03. The third-order valence-corrected chi connectivity index (χ3v) is 2.31. The number of methoxy groups -OCH3 is 1. The van der Waals surface area contributed by atoms with Crippen molar-refractivity contribution in [1.82, 2.24) is 9.97 Å². The van der Waals surface area contributed by atoms with Crippen LogP contribution in [0.5, 0.6) is 5.75 Å². The van der Waals surface area contributed by atoms with Gasteiger partial charge < -0.3 is 4.74 Å². The number of hydrogen-bond acceptors (Lipinski definition) is 3. The van der Waals surface area contributed by atoms with Crippen molar-refractivity contribution in [1.29, 1.82) is 0 Å². The maximum absolute atomic E-state index is 5.15. The molecule has 0 aliphatic rings. The Labute approximate surface area is 88.8 Å². The second-order valence-electron chi connectivity index (χ2n) is 3.31. The lowest BCUT2D eigenvalue weighted by Gasteiger charge is -2.07. The molecule has 0 unspecified atom stereocenters. The third kappa shape index (κ3) is 1.96. The van der Waals surface area contributed by atoms with Crippen molar-refractivity contribution in [3.05, 3.63) is 42.5 Å². The molecule has 1 heterocycles. The van der Waals surface area contributed by atoms with E-state index in [-0.39, 0.29) is 0 Å². The molecule has 15 heavy (non-hydrogen) atoms. The van der Waals surface area contributed by atoms with Crippen LogP contribution in [0.25, 0.3) is 11.1 Å². The predicted octanol–water partition coefficient (Wildman–Crippen LogP) is 2.46. The van der Waals surface area contributed by atoms with Crippen LogP contribution >= 0.6 is 0 Å². The van der Waals surface area contributed by atoms with Crippen molar-refractivity contribution >= 4 is 0 Å². The largest absolute Gasteiger partial charge is 0.497 e. The summed E-state index contributed by atoms with van der Waals surface area (Å²) in [4.78, 5) is 8.00. The van der Waals surface area contributed by atoms with Crippen LogP contribution in [-0.4, -0.2) is 17.1 Å². The van der Waals surface area contributed by atoms with Crippen molar-refractivity contribution in [2.24, 2.45) is 0 Å². The molecule has 0 N–H and O–H groups in total. The first kappa shape index (κ1) is 9.65. The van der Waals surface area contributed by atoms with Gasteiger partial charge in [0, 0.05) is 18.0 Å². The molecule has 3 heteroatoms. The fourth-order valence-corrected chi connectivity index (χ4v) is 1.53. The van der Waals surface area contributed by atoms with Gasteiger partial charge in [0.05, 0.1) is 7.11 Å². The van der Waals surface area contributed by atoms with Crippen LogP contribution in [0.4, 0.5) is 0 Å². The van der Waals surface area contributed by atoms with Gasteiger partial charge in [-0.25, -0.2) is 9.97 Å². The van der Waals surface area contributed by atoms with Gasteiger partial charge in [0.15, 0.2) is 0 Å². The molecule has 2 rings (SSSR count). The lowest BCUT2D eigenvalue weighted by atomic mass is 10.0. The second-order valence-corrected chi connectivity index (χ2v) is 3.31. The van der Waals surface area contributed by atoms with Gasteiger partial charge in [-0.05, 0) is 30.2 Å². The zero-order chi connectivity index (χ0) is 10.7. The summed E-state index contributed by atoms with van der Waals surface area (Å²) in [5.41, 5.74) is 3.32. The van der Waals surface area contributed by atoms with E-state index in [0.717, 1.165) is 22.4 Å². The molecular weight excluding hydrogens is 188 g/mol. The van der Waals surface area contributed by atoms with Crippen molar-refractivity contribution in [2.75, 3.05) is 7.11 Å². The maximum Gasteiger partial charge on any atom is 0.119 e. The maximum atomic E-state index is 5.15. The number of aromatic nitrogens is 2. The van der Waals surface area contributed by atoms with E-state index in [1.807, 2.05) is 37.5 Å². The Morgan fingerprint density at radius 3 is 2.47 bits per heavy atom. The number of nitrogens with zero attached hydrogens (tertiary/aromatic N) is 2. The van der Waals surface area contributed by atoms with Crippen LogP contribution in [0.2, 0.25) is 0 Å². The number of rotatable bonds is 2. The summed E-state index contributed by atoms with van der Waals surface area (Å²) >= 11 is 0. The summed E-state index contributed by atoms with van der Waals surface area (Å²) in [6.07, 6.45) is 5.14. The van der Waals surface area contributed by atoms with E-state index < -0.39 is 0 Å². The SMILES string of the molecule is COc1ccc(-c2cncnc2)c(C)c1. The Bertz CT molecular complexity index is 454. The van der Waals surface area contributed by atoms with Gasteiger partial charge in [0.2, 0.25) is 0 Å². The standard InChI is InChI=1S/C12H12N2O/c1-9-5-11(15-2)3-4-12(9)10-6-13-8-14-7-10/h3-8H,1-2H3. The van der Waals surface area contributed by atoms with Gasteiger partial charge >= 0.3 is 0 Å². The molecule has 0 aliphatic heterocycles. The van der Waals surface area contributed by atoms with Crippen molar-refractivity contribution in [2.45, 2.75) is 6.92 Å². The highest BCUT2D eigenvalue weighted by atomic mass is 16.5. The first-order valence-corrected chi connectivity index (χ1v) is 4.71. The highest BCUT2D eigenvalue weighted by Crippen LogP contribution is 2.25. The lowest BCUT2D eigenvalue weighted by Crippen LogP contribution is -1.88. The first-order chi connectivity index (χ1) is 7.31. The van der Waals surface area contributed by atoms with E-state index in [0.29, 0.717) is 0 Å². The van der Waals surface area contributed by atoms with Crippen LogP contribution in [0.3, 0.4) is 0 Å². The summed E-state index contributed by atoms with van der Waals surface area (Å²) in [6.45, 7) is 2.05. The number of ether oxygens (including phenoxy) is 1. The molecule has 0 radical (unpaired) electrons. The van der Waals surface area contributed by atoms with Crippen molar-refractivity contribution in [3.63, 3.8) is 0 Å². The molecule has 0 spiro atoms. The van der Waals surface area contributed by atoms with E-state index >= 15 is 0 Å². The average molecular weight is 200 g/mol. The van der Waals surface area contributed by atoms with E-state index in [4.69, 9.17) is 4.74 Å². The average Bonchev–Trinajstić information content (AvgIpc) is 2.30. The summed E-state index contributed by atoms with van der Waals surface area (Å²) in [5.74, 6) is 0.869. The molecule has 0 bridgehead atoms. The van der Waals surface area contributed by atoms with Crippen LogP contribution in [-0.2, 0) is 0 Å². The van der Waals surface area contributed by atoms with Gasteiger partial charge in [-0.2, -0.15) is 0 Å². The molecule has 2 aromatic rings. The van der Waals surface area contributed by atoms with Crippen LogP contribution < -0.4 is 4.74 Å². The quantitative estimate of drug-likeness (QED) is 0.747. The third-order valence-electron chi connectivity index (χ3n) is 2.31. The molecule has 76 valence electrons. The van der Waals surface area contributed by atoms with E-state index in [9.17, 15) is 0 Å². The van der Waals surface area contributed by atoms with Gasteiger partial charge in [0.1, 0.15) is 12.1 Å². The Morgan fingerprint density at radius 2 is 1.87 bits per heavy atom. The molecule has 0 fully saturated rings. The number of aryl methyl sites for hydroxylation is 1. The monoisotopic (exact) mass is 200 g/mol.